The van der Waals surface area contributed by atoms with Gasteiger partial charge in [0.2, 0.25) is 5.91 Å². The quantitative estimate of drug-likeness (QED) is 0.736. The predicted molar refractivity (Wildman–Crippen MR) is 108 cm³/mol. The number of carbonyl (C=O) groups is 1. The summed E-state index contributed by atoms with van der Waals surface area (Å²) in [6, 6.07) is 15.9. The summed E-state index contributed by atoms with van der Waals surface area (Å²) < 4.78 is 0. The molecule has 3 rings (SSSR count). The lowest BCUT2D eigenvalue weighted by molar-refractivity contribution is -0.116. The van der Waals surface area contributed by atoms with Crippen molar-refractivity contribution in [1.29, 1.82) is 0 Å². The van der Waals surface area contributed by atoms with Crippen molar-refractivity contribution in [2.24, 2.45) is 10.7 Å². The van der Waals surface area contributed by atoms with Gasteiger partial charge in [-0.25, -0.2) is 0 Å². The first-order valence-corrected chi connectivity index (χ1v) is 8.75. The molecule has 0 unspecified atom stereocenters. The standard InChI is InChI=1S/C21H24N4O/c1-14(23-13-16-7-4-3-5-8-16)11-18(22)17-9-6-10-19-21(17)24-15(2)12-20(26)25-19/h3-11,15,24H,12-13,22H2,1-2H3,(H,25,26)/t15-/m1/s1. The van der Waals surface area contributed by atoms with Gasteiger partial charge in [0.25, 0.3) is 0 Å². The minimum atomic E-state index is 0.00375. The van der Waals surface area contributed by atoms with E-state index in [0.717, 1.165) is 28.2 Å². The van der Waals surface area contributed by atoms with Crippen molar-refractivity contribution >= 4 is 28.7 Å². The zero-order valence-electron chi connectivity index (χ0n) is 15.1. The van der Waals surface area contributed by atoms with Crippen molar-refractivity contribution in [2.75, 3.05) is 10.6 Å². The Morgan fingerprint density at radius 3 is 2.77 bits per heavy atom. The highest BCUT2D eigenvalue weighted by Crippen LogP contribution is 2.32. The molecular weight excluding hydrogens is 324 g/mol. The van der Waals surface area contributed by atoms with E-state index in [-0.39, 0.29) is 11.9 Å². The summed E-state index contributed by atoms with van der Waals surface area (Å²) in [5.74, 6) is 0.00375. The summed E-state index contributed by atoms with van der Waals surface area (Å²) in [5.41, 5.74) is 11.5. The molecule has 1 amide bonds. The van der Waals surface area contributed by atoms with E-state index in [1.54, 1.807) is 0 Å². The van der Waals surface area contributed by atoms with Crippen LogP contribution in [-0.4, -0.2) is 17.7 Å². The summed E-state index contributed by atoms with van der Waals surface area (Å²) in [4.78, 5) is 16.5. The first kappa shape index (κ1) is 17.7. The van der Waals surface area contributed by atoms with E-state index < -0.39 is 0 Å². The second kappa shape index (κ2) is 7.87. The molecule has 2 aromatic carbocycles. The Balaban J connectivity index is 1.85. The number of nitrogens with two attached hydrogens (primary N) is 1. The smallest absolute Gasteiger partial charge is 0.226 e. The van der Waals surface area contributed by atoms with Gasteiger partial charge in [-0.15, -0.1) is 0 Å². The topological polar surface area (TPSA) is 79.5 Å². The third kappa shape index (κ3) is 4.30. The van der Waals surface area contributed by atoms with E-state index in [1.165, 1.54) is 0 Å². The molecule has 0 aromatic heterocycles. The molecule has 0 saturated carbocycles. The molecule has 0 bridgehead atoms. The fourth-order valence-electron chi connectivity index (χ4n) is 2.98. The fraction of sp³-hybridized carbons (Fsp3) is 0.238. The zero-order valence-corrected chi connectivity index (χ0v) is 15.1. The second-order valence-corrected chi connectivity index (χ2v) is 6.57. The molecule has 1 aliphatic heterocycles. The monoisotopic (exact) mass is 348 g/mol. The molecule has 0 aliphatic carbocycles. The van der Waals surface area contributed by atoms with Crippen molar-refractivity contribution in [3.63, 3.8) is 0 Å². The van der Waals surface area contributed by atoms with Gasteiger partial charge in [0.15, 0.2) is 0 Å². The van der Waals surface area contributed by atoms with Gasteiger partial charge in [0.05, 0.1) is 17.9 Å². The number of nitrogens with zero attached hydrogens (tertiary/aromatic N) is 1. The van der Waals surface area contributed by atoms with Crippen LogP contribution in [0.1, 0.15) is 31.4 Å². The van der Waals surface area contributed by atoms with Crippen LogP contribution in [0.2, 0.25) is 0 Å². The number of fused-ring (bicyclic) bond motifs is 1. The molecule has 5 nitrogen and oxygen atoms in total. The SMILES string of the molecule is CC(C=C(N)c1cccc2c1N[C@H](C)CC(=O)N2)=NCc1ccccc1. The molecule has 5 heteroatoms. The van der Waals surface area contributed by atoms with Gasteiger partial charge >= 0.3 is 0 Å². The van der Waals surface area contributed by atoms with Gasteiger partial charge in [0, 0.05) is 29.4 Å². The van der Waals surface area contributed by atoms with Crippen LogP contribution in [-0.2, 0) is 11.3 Å². The molecule has 1 aliphatic rings. The third-order valence-corrected chi connectivity index (χ3v) is 4.25. The van der Waals surface area contributed by atoms with Crippen LogP contribution in [0, 0.1) is 0 Å². The van der Waals surface area contributed by atoms with Crippen molar-refractivity contribution in [3.8, 4) is 0 Å². The lowest BCUT2D eigenvalue weighted by atomic mass is 10.1. The molecule has 0 radical (unpaired) electrons. The van der Waals surface area contributed by atoms with Gasteiger partial charge in [-0.3, -0.25) is 9.79 Å². The number of para-hydroxylation sites is 1. The Bertz CT molecular complexity index is 856. The molecule has 0 spiro atoms. The van der Waals surface area contributed by atoms with Gasteiger partial charge < -0.3 is 16.4 Å². The summed E-state index contributed by atoms with van der Waals surface area (Å²) in [6.45, 7) is 4.54. The van der Waals surface area contributed by atoms with E-state index in [1.807, 2.05) is 56.3 Å². The first-order valence-electron chi connectivity index (χ1n) is 8.75. The van der Waals surface area contributed by atoms with E-state index in [9.17, 15) is 4.79 Å². The average molecular weight is 348 g/mol. The van der Waals surface area contributed by atoms with Crippen molar-refractivity contribution in [2.45, 2.75) is 32.9 Å². The maximum atomic E-state index is 11.9. The molecule has 2 aromatic rings. The Morgan fingerprint density at radius 1 is 1.23 bits per heavy atom. The number of carbonyl (C=O) groups excluding carboxylic acids is 1. The molecule has 26 heavy (non-hydrogen) atoms. The number of rotatable bonds is 4. The number of benzene rings is 2. The van der Waals surface area contributed by atoms with Crippen molar-refractivity contribution in [1.82, 2.24) is 0 Å². The zero-order chi connectivity index (χ0) is 18.5. The van der Waals surface area contributed by atoms with E-state index in [2.05, 4.69) is 27.8 Å². The van der Waals surface area contributed by atoms with E-state index in [4.69, 9.17) is 5.73 Å². The van der Waals surface area contributed by atoms with Crippen LogP contribution in [0.4, 0.5) is 11.4 Å². The first-order chi connectivity index (χ1) is 12.5. The van der Waals surface area contributed by atoms with Crippen LogP contribution in [0.5, 0.6) is 0 Å². The van der Waals surface area contributed by atoms with Crippen molar-refractivity contribution < 1.29 is 4.79 Å². The molecule has 1 atom stereocenters. The normalized spacial score (nSPS) is 17.8. The molecule has 134 valence electrons. The van der Waals surface area contributed by atoms with Gasteiger partial charge in [-0.1, -0.05) is 42.5 Å². The Morgan fingerprint density at radius 2 is 2.00 bits per heavy atom. The number of hydrogen-bond donors (Lipinski definition) is 3. The summed E-state index contributed by atoms with van der Waals surface area (Å²) >= 11 is 0. The summed E-state index contributed by atoms with van der Waals surface area (Å²) in [7, 11) is 0. The summed E-state index contributed by atoms with van der Waals surface area (Å²) in [5, 5.41) is 6.32. The van der Waals surface area contributed by atoms with Crippen LogP contribution < -0.4 is 16.4 Å². The van der Waals surface area contributed by atoms with Crippen LogP contribution in [0.3, 0.4) is 0 Å². The minimum absolute atomic E-state index is 0.00375. The van der Waals surface area contributed by atoms with Gasteiger partial charge in [-0.05, 0) is 31.6 Å². The number of aliphatic imine (C=N–C) groups is 1. The number of allylic oxidation sites excluding steroid dienone is 1. The molecular formula is C21H24N4O. The molecule has 1 heterocycles. The minimum Gasteiger partial charge on any atom is -0.398 e. The molecule has 4 N–H and O–H groups in total. The van der Waals surface area contributed by atoms with Crippen LogP contribution in [0.25, 0.3) is 5.70 Å². The van der Waals surface area contributed by atoms with Crippen LogP contribution in [0.15, 0.2) is 59.6 Å². The largest absolute Gasteiger partial charge is 0.398 e. The Labute approximate surface area is 154 Å². The summed E-state index contributed by atoms with van der Waals surface area (Å²) in [6.07, 6.45) is 2.30. The Hall–Kier alpha value is -3.08. The highest BCUT2D eigenvalue weighted by molar-refractivity contribution is 6.03. The maximum absolute atomic E-state index is 11.9. The third-order valence-electron chi connectivity index (χ3n) is 4.25. The molecule has 0 fully saturated rings. The highest BCUT2D eigenvalue weighted by atomic mass is 16.1. The lowest BCUT2D eigenvalue weighted by Crippen LogP contribution is -2.19. The number of amides is 1. The fourth-order valence-corrected chi connectivity index (χ4v) is 2.98. The lowest BCUT2D eigenvalue weighted by Gasteiger charge is -2.16. The second-order valence-electron chi connectivity index (χ2n) is 6.57. The predicted octanol–water partition coefficient (Wildman–Crippen LogP) is 3.79. The maximum Gasteiger partial charge on any atom is 0.226 e. The number of nitrogens with one attached hydrogen (secondary N) is 2. The van der Waals surface area contributed by atoms with E-state index >= 15 is 0 Å². The Kier molecular flexibility index (Phi) is 5.37. The number of hydrogen-bond acceptors (Lipinski definition) is 4. The van der Waals surface area contributed by atoms with E-state index in [0.29, 0.717) is 18.7 Å². The van der Waals surface area contributed by atoms with Gasteiger partial charge in [-0.2, -0.15) is 0 Å². The van der Waals surface area contributed by atoms with Crippen LogP contribution >= 0.6 is 0 Å². The number of anilines is 2. The highest BCUT2D eigenvalue weighted by Gasteiger charge is 2.20. The molecule has 0 saturated heterocycles. The average Bonchev–Trinajstić information content (AvgIpc) is 2.76. The van der Waals surface area contributed by atoms with Gasteiger partial charge in [0.1, 0.15) is 0 Å². The van der Waals surface area contributed by atoms with Crippen molar-refractivity contribution in [3.05, 3.63) is 65.7 Å².